The van der Waals surface area contributed by atoms with E-state index in [2.05, 4.69) is 23.1 Å². The Morgan fingerprint density at radius 3 is 3.19 bits per heavy atom. The zero-order chi connectivity index (χ0) is 11.0. The van der Waals surface area contributed by atoms with Crippen molar-refractivity contribution in [2.24, 2.45) is 5.73 Å². The summed E-state index contributed by atoms with van der Waals surface area (Å²) in [7, 11) is 0. The number of fused-ring (bicyclic) bond motifs is 1. The zero-order valence-electron chi connectivity index (χ0n) is 9.48. The summed E-state index contributed by atoms with van der Waals surface area (Å²) in [6, 6.07) is 6.85. The Balaban J connectivity index is 1.83. The van der Waals surface area contributed by atoms with Crippen LogP contribution in [0, 0.1) is 0 Å². The van der Waals surface area contributed by atoms with Gasteiger partial charge in [0.2, 0.25) is 0 Å². The molecule has 3 heteroatoms. The van der Waals surface area contributed by atoms with Gasteiger partial charge in [0.25, 0.3) is 0 Å². The highest BCUT2D eigenvalue weighted by atomic mass is 16.5. The molecule has 2 N–H and O–H groups in total. The van der Waals surface area contributed by atoms with Gasteiger partial charge in [-0.05, 0) is 36.6 Å². The Morgan fingerprint density at radius 2 is 2.31 bits per heavy atom. The van der Waals surface area contributed by atoms with Crippen LogP contribution < -0.4 is 15.4 Å². The van der Waals surface area contributed by atoms with Gasteiger partial charge >= 0.3 is 0 Å². The number of nitrogens with two attached hydrogens (primary N) is 1. The summed E-state index contributed by atoms with van der Waals surface area (Å²) < 4.78 is 5.52. The lowest BCUT2D eigenvalue weighted by atomic mass is 10.0. The van der Waals surface area contributed by atoms with E-state index in [0.29, 0.717) is 6.04 Å². The molecule has 3 nitrogen and oxygen atoms in total. The molecule has 1 aromatic rings. The van der Waals surface area contributed by atoms with E-state index in [1.807, 2.05) is 0 Å². The maximum atomic E-state index is 6.01. The first-order valence-corrected chi connectivity index (χ1v) is 6.09. The fourth-order valence-corrected chi connectivity index (χ4v) is 2.61. The van der Waals surface area contributed by atoms with Crippen LogP contribution in [-0.4, -0.2) is 25.7 Å². The second-order valence-electron chi connectivity index (χ2n) is 4.74. The first-order chi connectivity index (χ1) is 7.83. The van der Waals surface area contributed by atoms with E-state index in [4.69, 9.17) is 10.5 Å². The Morgan fingerprint density at radius 1 is 1.38 bits per heavy atom. The molecule has 0 bridgehead atoms. The SMILES string of the molecule is NC1CCCN(c2ccc3c(c2)CCO3)C1. The summed E-state index contributed by atoms with van der Waals surface area (Å²) in [5.74, 6) is 1.06. The molecule has 0 spiro atoms. The van der Waals surface area contributed by atoms with Crippen LogP contribution in [-0.2, 0) is 6.42 Å². The first kappa shape index (κ1) is 9.97. The molecule has 86 valence electrons. The summed E-state index contributed by atoms with van der Waals surface area (Å²) in [5.41, 5.74) is 8.66. The topological polar surface area (TPSA) is 38.5 Å². The highest BCUT2D eigenvalue weighted by Gasteiger charge is 2.19. The van der Waals surface area contributed by atoms with Crippen LogP contribution in [0.5, 0.6) is 5.75 Å². The Hall–Kier alpha value is -1.22. The number of hydrogen-bond donors (Lipinski definition) is 1. The highest BCUT2D eigenvalue weighted by Crippen LogP contribution is 2.30. The van der Waals surface area contributed by atoms with Gasteiger partial charge in [-0.1, -0.05) is 0 Å². The Labute approximate surface area is 96.2 Å². The van der Waals surface area contributed by atoms with E-state index in [1.54, 1.807) is 0 Å². The molecule has 0 saturated carbocycles. The van der Waals surface area contributed by atoms with Crippen molar-refractivity contribution in [2.75, 3.05) is 24.6 Å². The van der Waals surface area contributed by atoms with E-state index >= 15 is 0 Å². The van der Waals surface area contributed by atoms with Gasteiger partial charge in [-0.25, -0.2) is 0 Å². The molecule has 3 rings (SSSR count). The highest BCUT2D eigenvalue weighted by molar-refractivity contribution is 5.54. The van der Waals surface area contributed by atoms with E-state index in [0.717, 1.165) is 38.3 Å². The third-order valence-electron chi connectivity index (χ3n) is 3.50. The van der Waals surface area contributed by atoms with E-state index in [1.165, 1.54) is 17.7 Å². The second kappa shape index (κ2) is 3.98. The molecule has 1 fully saturated rings. The fraction of sp³-hybridized carbons (Fsp3) is 0.538. The normalized spacial score (nSPS) is 24.1. The number of rotatable bonds is 1. The number of anilines is 1. The average Bonchev–Trinajstić information content (AvgIpc) is 2.75. The minimum Gasteiger partial charge on any atom is -0.493 e. The van der Waals surface area contributed by atoms with E-state index < -0.39 is 0 Å². The number of piperidine rings is 1. The van der Waals surface area contributed by atoms with Crippen molar-refractivity contribution in [1.29, 1.82) is 0 Å². The van der Waals surface area contributed by atoms with Crippen LogP contribution in [0.25, 0.3) is 0 Å². The molecular weight excluding hydrogens is 200 g/mol. The minimum atomic E-state index is 0.332. The van der Waals surface area contributed by atoms with Crippen LogP contribution in [0.15, 0.2) is 18.2 Å². The number of benzene rings is 1. The van der Waals surface area contributed by atoms with Gasteiger partial charge in [0.1, 0.15) is 5.75 Å². The Kier molecular flexibility index (Phi) is 2.48. The van der Waals surface area contributed by atoms with Gasteiger partial charge in [-0.2, -0.15) is 0 Å². The second-order valence-corrected chi connectivity index (χ2v) is 4.74. The lowest BCUT2D eigenvalue weighted by Gasteiger charge is -2.32. The third-order valence-corrected chi connectivity index (χ3v) is 3.50. The van der Waals surface area contributed by atoms with Gasteiger partial charge in [0, 0.05) is 31.2 Å². The fourth-order valence-electron chi connectivity index (χ4n) is 2.61. The lowest BCUT2D eigenvalue weighted by Crippen LogP contribution is -2.42. The number of hydrogen-bond acceptors (Lipinski definition) is 3. The van der Waals surface area contributed by atoms with Crippen LogP contribution >= 0.6 is 0 Å². The maximum Gasteiger partial charge on any atom is 0.122 e. The van der Waals surface area contributed by atoms with Crippen molar-refractivity contribution in [3.8, 4) is 5.75 Å². The van der Waals surface area contributed by atoms with Crippen LogP contribution in [0.4, 0.5) is 5.69 Å². The van der Waals surface area contributed by atoms with Gasteiger partial charge < -0.3 is 15.4 Å². The summed E-state index contributed by atoms with van der Waals surface area (Å²) >= 11 is 0. The summed E-state index contributed by atoms with van der Waals surface area (Å²) in [6.07, 6.45) is 3.41. The van der Waals surface area contributed by atoms with Crippen molar-refractivity contribution in [1.82, 2.24) is 0 Å². The van der Waals surface area contributed by atoms with Crippen LogP contribution in [0.1, 0.15) is 18.4 Å². The van der Waals surface area contributed by atoms with Crippen molar-refractivity contribution in [3.63, 3.8) is 0 Å². The summed E-state index contributed by atoms with van der Waals surface area (Å²) in [6.45, 7) is 2.95. The lowest BCUT2D eigenvalue weighted by molar-refractivity contribution is 0.357. The minimum absolute atomic E-state index is 0.332. The monoisotopic (exact) mass is 218 g/mol. The molecular formula is C13H18N2O. The third kappa shape index (κ3) is 1.76. The predicted octanol–water partition coefficient (Wildman–Crippen LogP) is 1.55. The van der Waals surface area contributed by atoms with Gasteiger partial charge in [-0.15, -0.1) is 0 Å². The van der Waals surface area contributed by atoms with E-state index in [9.17, 15) is 0 Å². The molecule has 1 unspecified atom stereocenters. The molecule has 1 aromatic carbocycles. The molecule has 0 aromatic heterocycles. The predicted molar refractivity (Wildman–Crippen MR) is 65.1 cm³/mol. The smallest absolute Gasteiger partial charge is 0.122 e. The molecule has 2 heterocycles. The molecule has 2 aliphatic rings. The number of nitrogens with zero attached hydrogens (tertiary/aromatic N) is 1. The molecule has 0 aliphatic carbocycles. The molecule has 0 amide bonds. The standard InChI is InChI=1S/C13H18N2O/c14-11-2-1-6-15(9-11)12-3-4-13-10(8-12)5-7-16-13/h3-4,8,11H,1-2,5-7,9,14H2. The Bertz CT molecular complexity index is 392. The molecule has 2 aliphatic heterocycles. The van der Waals surface area contributed by atoms with Gasteiger partial charge in [-0.3, -0.25) is 0 Å². The average molecular weight is 218 g/mol. The first-order valence-electron chi connectivity index (χ1n) is 6.09. The molecule has 1 atom stereocenters. The van der Waals surface area contributed by atoms with Crippen molar-refractivity contribution >= 4 is 5.69 Å². The molecule has 1 saturated heterocycles. The zero-order valence-corrected chi connectivity index (χ0v) is 9.48. The van der Waals surface area contributed by atoms with Crippen molar-refractivity contribution < 1.29 is 4.74 Å². The van der Waals surface area contributed by atoms with Crippen LogP contribution in [0.3, 0.4) is 0 Å². The quantitative estimate of drug-likeness (QED) is 0.777. The van der Waals surface area contributed by atoms with Gasteiger partial charge in [0.15, 0.2) is 0 Å². The molecule has 16 heavy (non-hydrogen) atoms. The van der Waals surface area contributed by atoms with Crippen LogP contribution in [0.2, 0.25) is 0 Å². The summed E-state index contributed by atoms with van der Waals surface area (Å²) in [5, 5.41) is 0. The summed E-state index contributed by atoms with van der Waals surface area (Å²) in [4.78, 5) is 2.40. The largest absolute Gasteiger partial charge is 0.493 e. The maximum absolute atomic E-state index is 6.01. The van der Waals surface area contributed by atoms with Crippen molar-refractivity contribution in [2.45, 2.75) is 25.3 Å². The van der Waals surface area contributed by atoms with E-state index in [-0.39, 0.29) is 0 Å². The molecule has 0 radical (unpaired) electrons. The number of ether oxygens (including phenoxy) is 1. The van der Waals surface area contributed by atoms with Crippen molar-refractivity contribution in [3.05, 3.63) is 23.8 Å². The van der Waals surface area contributed by atoms with Gasteiger partial charge in [0.05, 0.1) is 6.61 Å².